The van der Waals surface area contributed by atoms with Gasteiger partial charge in [-0.3, -0.25) is 0 Å². The van der Waals surface area contributed by atoms with E-state index in [0.717, 1.165) is 0 Å². The molecule has 0 aliphatic carbocycles. The van der Waals surface area contributed by atoms with E-state index in [0.29, 0.717) is 12.8 Å². The molecule has 0 fully saturated rings. The van der Waals surface area contributed by atoms with Crippen LogP contribution >= 0.6 is 7.14 Å². The number of hydrogen-bond acceptors (Lipinski definition) is 2. The summed E-state index contributed by atoms with van der Waals surface area (Å²) >= 11 is 0. The number of nitrogens with zero attached hydrogens (tertiary/aromatic N) is 1. The lowest BCUT2D eigenvalue weighted by atomic mass is 10.1. The third-order valence-electron chi connectivity index (χ3n) is 3.04. The van der Waals surface area contributed by atoms with Gasteiger partial charge < -0.3 is 4.57 Å². The quantitative estimate of drug-likeness (QED) is 0.711. The molecule has 0 aliphatic rings. The summed E-state index contributed by atoms with van der Waals surface area (Å²) in [6.45, 7) is 3.73. The van der Waals surface area contributed by atoms with Crippen molar-refractivity contribution in [1.29, 1.82) is 5.26 Å². The number of rotatable bonds is 6. The van der Waals surface area contributed by atoms with Crippen LogP contribution in [0.15, 0.2) is 30.3 Å². The summed E-state index contributed by atoms with van der Waals surface area (Å²) in [5.41, 5.74) is 0.220. The van der Waals surface area contributed by atoms with Gasteiger partial charge in [-0.2, -0.15) is 5.26 Å². The van der Waals surface area contributed by atoms with Crippen LogP contribution < -0.4 is 0 Å². The molecule has 0 amide bonds. The maximum Gasteiger partial charge on any atom is 0.272 e. The molecule has 0 aromatic heterocycles. The Hall–Kier alpha value is -1.13. The number of nitriles is 1. The first-order valence-corrected chi connectivity index (χ1v) is 8.35. The minimum atomic E-state index is -3.19. The summed E-state index contributed by atoms with van der Waals surface area (Å²) < 4.78 is 27.9. The molecule has 0 bridgehead atoms. The SMILES string of the molecule is CCCP(=O)(CCC)C(F)(C#N)c1ccccc1. The highest BCUT2D eigenvalue weighted by atomic mass is 31.2. The van der Waals surface area contributed by atoms with Gasteiger partial charge in [-0.15, -0.1) is 0 Å². The first kappa shape index (κ1) is 14.9. The monoisotopic (exact) mass is 267 g/mol. The van der Waals surface area contributed by atoms with Crippen molar-refractivity contribution in [3.8, 4) is 6.07 Å². The fourth-order valence-electron chi connectivity index (χ4n) is 2.19. The Morgan fingerprint density at radius 2 is 1.72 bits per heavy atom. The maximum atomic E-state index is 15.1. The molecule has 1 rings (SSSR count). The molecule has 0 heterocycles. The summed E-state index contributed by atoms with van der Waals surface area (Å²) in [6.07, 6.45) is 1.80. The fraction of sp³-hybridized carbons (Fsp3) is 0.500. The van der Waals surface area contributed by atoms with Crippen molar-refractivity contribution < 1.29 is 8.96 Å². The van der Waals surface area contributed by atoms with Gasteiger partial charge in [-0.05, 0) is 12.8 Å². The molecule has 1 unspecified atom stereocenters. The number of halogens is 1. The van der Waals surface area contributed by atoms with E-state index < -0.39 is 12.6 Å². The minimum absolute atomic E-state index is 0.220. The largest absolute Gasteiger partial charge is 0.319 e. The summed E-state index contributed by atoms with van der Waals surface area (Å²) in [7, 11) is -3.19. The fourth-order valence-corrected chi connectivity index (χ4v) is 5.28. The van der Waals surface area contributed by atoms with Crippen LogP contribution in [0.4, 0.5) is 4.39 Å². The van der Waals surface area contributed by atoms with Gasteiger partial charge in [0.1, 0.15) is 13.2 Å². The average molecular weight is 267 g/mol. The highest BCUT2D eigenvalue weighted by molar-refractivity contribution is 7.65. The van der Waals surface area contributed by atoms with Gasteiger partial charge >= 0.3 is 0 Å². The maximum absolute atomic E-state index is 15.1. The highest BCUT2D eigenvalue weighted by Gasteiger charge is 2.49. The van der Waals surface area contributed by atoms with Crippen LogP contribution in [-0.4, -0.2) is 12.3 Å². The predicted molar refractivity (Wildman–Crippen MR) is 72.8 cm³/mol. The Morgan fingerprint density at radius 3 is 2.11 bits per heavy atom. The number of hydrogen-bond donors (Lipinski definition) is 0. The Labute approximate surface area is 108 Å². The second-order valence-corrected chi connectivity index (χ2v) is 7.73. The second kappa shape index (κ2) is 6.16. The van der Waals surface area contributed by atoms with Crippen LogP contribution in [0.1, 0.15) is 32.3 Å². The van der Waals surface area contributed by atoms with Crippen LogP contribution in [0.3, 0.4) is 0 Å². The molecule has 0 radical (unpaired) electrons. The molecule has 0 N–H and O–H groups in total. The molecule has 0 aliphatic heterocycles. The number of benzene rings is 1. The lowest BCUT2D eigenvalue weighted by Gasteiger charge is -2.28. The topological polar surface area (TPSA) is 40.9 Å². The molecule has 0 saturated heterocycles. The zero-order valence-electron chi connectivity index (χ0n) is 10.9. The van der Waals surface area contributed by atoms with Crippen molar-refractivity contribution in [2.45, 2.75) is 32.1 Å². The molecule has 0 saturated carbocycles. The van der Waals surface area contributed by atoms with Gasteiger partial charge in [0, 0.05) is 17.9 Å². The van der Waals surface area contributed by atoms with Gasteiger partial charge in [0.05, 0.1) is 0 Å². The van der Waals surface area contributed by atoms with Crippen molar-refractivity contribution in [2.24, 2.45) is 0 Å². The van der Waals surface area contributed by atoms with E-state index in [1.807, 2.05) is 13.8 Å². The van der Waals surface area contributed by atoms with E-state index in [-0.39, 0.29) is 17.9 Å². The molecule has 1 aromatic rings. The zero-order chi connectivity index (χ0) is 13.6. The smallest absolute Gasteiger partial charge is 0.272 e. The summed E-state index contributed by atoms with van der Waals surface area (Å²) in [6, 6.07) is 9.86. The summed E-state index contributed by atoms with van der Waals surface area (Å²) in [4.78, 5) is 0. The van der Waals surface area contributed by atoms with Gasteiger partial charge in [0.15, 0.2) is 0 Å². The van der Waals surface area contributed by atoms with Gasteiger partial charge in [0.2, 0.25) is 0 Å². The Balaban J connectivity index is 3.29. The lowest BCUT2D eigenvalue weighted by molar-refractivity contribution is 0.344. The molecule has 0 spiro atoms. The van der Waals surface area contributed by atoms with E-state index in [1.54, 1.807) is 36.4 Å². The average Bonchev–Trinajstić information content (AvgIpc) is 2.39. The molecule has 18 heavy (non-hydrogen) atoms. The van der Waals surface area contributed by atoms with E-state index in [9.17, 15) is 9.83 Å². The van der Waals surface area contributed by atoms with Crippen LogP contribution in [0.25, 0.3) is 0 Å². The Morgan fingerprint density at radius 1 is 1.22 bits per heavy atom. The van der Waals surface area contributed by atoms with E-state index in [4.69, 9.17) is 0 Å². The van der Waals surface area contributed by atoms with Gasteiger partial charge in [0.25, 0.3) is 5.41 Å². The predicted octanol–water partition coefficient (Wildman–Crippen LogP) is 4.52. The normalized spacial score (nSPS) is 14.8. The Kier molecular flexibility index (Phi) is 5.11. The molecular formula is C14H19FNOP. The minimum Gasteiger partial charge on any atom is -0.319 e. The molecule has 98 valence electrons. The van der Waals surface area contributed by atoms with Crippen molar-refractivity contribution in [3.63, 3.8) is 0 Å². The molecule has 1 atom stereocenters. The first-order chi connectivity index (χ1) is 8.54. The Bertz CT molecular complexity index is 458. The highest BCUT2D eigenvalue weighted by Crippen LogP contribution is 2.64. The zero-order valence-corrected chi connectivity index (χ0v) is 11.8. The van der Waals surface area contributed by atoms with Gasteiger partial charge in [-0.1, -0.05) is 44.2 Å². The standard InChI is InChI=1S/C14H19FNOP/c1-3-10-18(17,11-4-2)14(15,12-16)13-8-6-5-7-9-13/h5-9H,3-4,10-11H2,1-2H3. The van der Waals surface area contributed by atoms with E-state index in [1.165, 1.54) is 0 Å². The van der Waals surface area contributed by atoms with Crippen LogP contribution in [0.5, 0.6) is 0 Å². The number of alkyl halides is 1. The summed E-state index contributed by atoms with van der Waals surface area (Å²) in [5, 5.41) is 6.88. The lowest BCUT2D eigenvalue weighted by Crippen LogP contribution is -2.22. The van der Waals surface area contributed by atoms with Gasteiger partial charge in [-0.25, -0.2) is 4.39 Å². The summed E-state index contributed by atoms with van der Waals surface area (Å²) in [5.74, 6) is 0. The molecular weight excluding hydrogens is 248 g/mol. The van der Waals surface area contributed by atoms with Crippen LogP contribution in [0.2, 0.25) is 0 Å². The molecule has 1 aromatic carbocycles. The van der Waals surface area contributed by atoms with Crippen molar-refractivity contribution in [1.82, 2.24) is 0 Å². The van der Waals surface area contributed by atoms with E-state index in [2.05, 4.69) is 0 Å². The van der Waals surface area contributed by atoms with Crippen molar-refractivity contribution in [2.75, 3.05) is 12.3 Å². The van der Waals surface area contributed by atoms with Crippen LogP contribution in [-0.2, 0) is 9.97 Å². The van der Waals surface area contributed by atoms with E-state index >= 15 is 4.39 Å². The van der Waals surface area contributed by atoms with Crippen molar-refractivity contribution in [3.05, 3.63) is 35.9 Å². The second-order valence-electron chi connectivity index (χ2n) is 4.44. The molecule has 4 heteroatoms. The third-order valence-corrected chi connectivity index (χ3v) is 6.86. The molecule has 2 nitrogen and oxygen atoms in total. The third kappa shape index (κ3) is 2.65. The van der Waals surface area contributed by atoms with Crippen molar-refractivity contribution >= 4 is 7.14 Å². The first-order valence-electron chi connectivity index (χ1n) is 6.28. The van der Waals surface area contributed by atoms with Crippen LogP contribution in [0, 0.1) is 11.3 Å².